The van der Waals surface area contributed by atoms with E-state index in [0.29, 0.717) is 52.9 Å². The molecule has 0 aliphatic carbocycles. The summed E-state index contributed by atoms with van der Waals surface area (Å²) in [5.74, 6) is 0.916. The number of carbonyl (C=O) groups is 2. The highest BCUT2D eigenvalue weighted by Crippen LogP contribution is 2.40. The average molecular weight is 437 g/mol. The van der Waals surface area contributed by atoms with Crippen molar-refractivity contribution >= 4 is 23.1 Å². The van der Waals surface area contributed by atoms with Crippen molar-refractivity contribution in [3.8, 4) is 17.2 Å². The van der Waals surface area contributed by atoms with Crippen molar-refractivity contribution in [2.24, 2.45) is 0 Å². The van der Waals surface area contributed by atoms with E-state index < -0.39 is 0 Å². The highest BCUT2D eigenvalue weighted by molar-refractivity contribution is 6.45. The largest absolute Gasteiger partial charge is 0.497 e. The van der Waals surface area contributed by atoms with E-state index in [0.717, 1.165) is 13.1 Å². The van der Waals surface area contributed by atoms with Gasteiger partial charge in [0.25, 0.3) is 11.8 Å². The van der Waals surface area contributed by atoms with E-state index in [2.05, 4.69) is 4.90 Å². The molecule has 0 saturated carbocycles. The fourth-order valence-electron chi connectivity index (χ4n) is 4.05. The van der Waals surface area contributed by atoms with Crippen molar-refractivity contribution in [3.63, 3.8) is 0 Å². The Morgan fingerprint density at radius 2 is 1.38 bits per heavy atom. The Labute approximate surface area is 187 Å². The van der Waals surface area contributed by atoms with Gasteiger partial charge in [0, 0.05) is 32.2 Å². The zero-order chi connectivity index (χ0) is 22.8. The number of imide groups is 1. The molecule has 8 nitrogen and oxygen atoms in total. The molecule has 1 fully saturated rings. The second-order valence-electron chi connectivity index (χ2n) is 7.73. The molecule has 2 aromatic rings. The lowest BCUT2D eigenvalue weighted by Gasteiger charge is -2.34. The summed E-state index contributed by atoms with van der Waals surface area (Å²) in [6.07, 6.45) is 0. The second-order valence-corrected chi connectivity index (χ2v) is 7.73. The number of hydrogen-bond acceptors (Lipinski definition) is 7. The summed E-state index contributed by atoms with van der Waals surface area (Å²) in [5.41, 5.74) is 1.87. The van der Waals surface area contributed by atoms with Gasteiger partial charge in [-0.2, -0.15) is 0 Å². The maximum absolute atomic E-state index is 13.7. The third-order valence-corrected chi connectivity index (χ3v) is 5.89. The summed E-state index contributed by atoms with van der Waals surface area (Å²) in [4.78, 5) is 32.8. The normalized spacial score (nSPS) is 17.2. The number of benzene rings is 2. The summed E-state index contributed by atoms with van der Waals surface area (Å²) in [7, 11) is 6.69. The molecule has 0 bridgehead atoms. The summed E-state index contributed by atoms with van der Waals surface area (Å²) in [6, 6.07) is 12.2. The van der Waals surface area contributed by atoms with Crippen molar-refractivity contribution in [2.45, 2.75) is 0 Å². The van der Waals surface area contributed by atoms with Gasteiger partial charge in [-0.3, -0.25) is 9.59 Å². The minimum atomic E-state index is -0.377. The molecule has 0 atom stereocenters. The minimum absolute atomic E-state index is 0.353. The molecule has 2 amide bonds. The van der Waals surface area contributed by atoms with Gasteiger partial charge in [0.2, 0.25) is 0 Å². The number of piperazine rings is 1. The molecule has 2 heterocycles. The molecule has 0 N–H and O–H groups in total. The van der Waals surface area contributed by atoms with Crippen LogP contribution in [0.1, 0.15) is 5.56 Å². The molecule has 0 radical (unpaired) electrons. The van der Waals surface area contributed by atoms with Crippen LogP contribution in [0, 0.1) is 0 Å². The van der Waals surface area contributed by atoms with Crippen LogP contribution in [-0.2, 0) is 9.59 Å². The number of hydrogen-bond donors (Lipinski definition) is 0. The molecule has 168 valence electrons. The first-order valence-electron chi connectivity index (χ1n) is 10.4. The van der Waals surface area contributed by atoms with Crippen LogP contribution in [0.3, 0.4) is 0 Å². The summed E-state index contributed by atoms with van der Waals surface area (Å²) in [6.45, 7) is 2.95. The molecule has 1 saturated heterocycles. The zero-order valence-corrected chi connectivity index (χ0v) is 18.8. The smallest absolute Gasteiger partial charge is 0.282 e. The quantitative estimate of drug-likeness (QED) is 0.642. The molecule has 0 aromatic heterocycles. The maximum Gasteiger partial charge on any atom is 0.282 e. The Balaban J connectivity index is 1.81. The third kappa shape index (κ3) is 3.78. The Kier molecular flexibility index (Phi) is 6.05. The van der Waals surface area contributed by atoms with Crippen LogP contribution >= 0.6 is 0 Å². The topological polar surface area (TPSA) is 71.6 Å². The van der Waals surface area contributed by atoms with E-state index in [9.17, 15) is 9.59 Å². The van der Waals surface area contributed by atoms with Gasteiger partial charge in [0.05, 0.1) is 32.6 Å². The van der Waals surface area contributed by atoms with Crippen molar-refractivity contribution in [1.29, 1.82) is 0 Å². The molecule has 0 unspecified atom stereocenters. The van der Waals surface area contributed by atoms with Gasteiger partial charge in [-0.1, -0.05) is 12.1 Å². The predicted molar refractivity (Wildman–Crippen MR) is 121 cm³/mol. The van der Waals surface area contributed by atoms with E-state index >= 15 is 0 Å². The lowest BCUT2D eigenvalue weighted by atomic mass is 10.0. The van der Waals surface area contributed by atoms with Crippen LogP contribution in [0.5, 0.6) is 17.2 Å². The van der Waals surface area contributed by atoms with Crippen LogP contribution in [0.4, 0.5) is 5.69 Å². The highest BCUT2D eigenvalue weighted by Gasteiger charge is 2.44. The summed E-state index contributed by atoms with van der Waals surface area (Å²) in [5, 5.41) is 0. The van der Waals surface area contributed by atoms with Gasteiger partial charge < -0.3 is 24.0 Å². The van der Waals surface area contributed by atoms with Crippen molar-refractivity contribution in [2.75, 3.05) is 59.5 Å². The number of likely N-dealkylation sites (N-methyl/N-ethyl adjacent to an activating group) is 1. The Bertz CT molecular complexity index is 1060. The summed E-state index contributed by atoms with van der Waals surface area (Å²) < 4.78 is 16.0. The van der Waals surface area contributed by atoms with Crippen LogP contribution < -0.4 is 19.1 Å². The SMILES string of the molecule is COc1ccc(C2=C(N3CCN(C)CC3)C(=O)N(c3ccc(OC)cc3OC)C2=O)cc1. The highest BCUT2D eigenvalue weighted by atomic mass is 16.5. The van der Waals surface area contributed by atoms with Gasteiger partial charge in [-0.05, 0) is 36.9 Å². The van der Waals surface area contributed by atoms with Crippen molar-refractivity contribution in [1.82, 2.24) is 9.80 Å². The number of ether oxygens (including phenoxy) is 3. The first-order chi connectivity index (χ1) is 15.5. The van der Waals surface area contributed by atoms with Crippen LogP contribution in [0.25, 0.3) is 5.57 Å². The predicted octanol–water partition coefficient (Wildman–Crippen LogP) is 2.24. The van der Waals surface area contributed by atoms with Gasteiger partial charge in [-0.25, -0.2) is 4.90 Å². The number of anilines is 1. The Morgan fingerprint density at radius 3 is 1.97 bits per heavy atom. The molecule has 0 spiro atoms. The van der Waals surface area contributed by atoms with E-state index in [4.69, 9.17) is 14.2 Å². The van der Waals surface area contributed by atoms with Crippen molar-refractivity contribution < 1.29 is 23.8 Å². The lowest BCUT2D eigenvalue weighted by molar-refractivity contribution is -0.120. The fourth-order valence-corrected chi connectivity index (χ4v) is 4.05. The van der Waals surface area contributed by atoms with Gasteiger partial charge in [-0.15, -0.1) is 0 Å². The molecule has 4 rings (SSSR count). The number of rotatable bonds is 6. The molecule has 8 heteroatoms. The van der Waals surface area contributed by atoms with Gasteiger partial charge >= 0.3 is 0 Å². The first-order valence-corrected chi connectivity index (χ1v) is 10.4. The number of carbonyl (C=O) groups excluding carboxylic acids is 2. The van der Waals surface area contributed by atoms with Crippen molar-refractivity contribution in [3.05, 3.63) is 53.7 Å². The van der Waals surface area contributed by atoms with E-state index in [1.54, 1.807) is 44.6 Å². The minimum Gasteiger partial charge on any atom is -0.497 e. The maximum atomic E-state index is 13.7. The van der Waals surface area contributed by atoms with Crippen LogP contribution in [-0.4, -0.2) is 76.2 Å². The van der Waals surface area contributed by atoms with Gasteiger partial charge in [0.1, 0.15) is 22.9 Å². The Morgan fingerprint density at radius 1 is 0.750 bits per heavy atom. The van der Waals surface area contributed by atoms with Crippen LogP contribution in [0.2, 0.25) is 0 Å². The molecular weight excluding hydrogens is 410 g/mol. The average Bonchev–Trinajstić information content (AvgIpc) is 3.09. The second kappa shape index (κ2) is 8.92. The standard InChI is InChI=1S/C24H27N3O5/c1-25-11-13-26(14-12-25)22-21(16-5-7-17(30-2)8-6-16)23(28)27(24(22)29)19-10-9-18(31-3)15-20(19)32-4/h5-10,15H,11-14H2,1-4H3. The Hall–Kier alpha value is -3.52. The number of methoxy groups -OCH3 is 3. The fraction of sp³-hybridized carbons (Fsp3) is 0.333. The van der Waals surface area contributed by atoms with E-state index in [1.807, 2.05) is 24.1 Å². The lowest BCUT2D eigenvalue weighted by Crippen LogP contribution is -2.46. The van der Waals surface area contributed by atoms with Gasteiger partial charge in [0.15, 0.2) is 0 Å². The first kappa shape index (κ1) is 21.7. The number of nitrogens with zero attached hydrogens (tertiary/aromatic N) is 3. The zero-order valence-electron chi connectivity index (χ0n) is 18.8. The summed E-state index contributed by atoms with van der Waals surface area (Å²) >= 11 is 0. The molecule has 32 heavy (non-hydrogen) atoms. The van der Waals surface area contributed by atoms with E-state index in [-0.39, 0.29) is 11.8 Å². The van der Waals surface area contributed by atoms with E-state index in [1.165, 1.54) is 12.0 Å². The van der Waals surface area contributed by atoms with Crippen LogP contribution in [0.15, 0.2) is 48.2 Å². The molecular formula is C24H27N3O5. The third-order valence-electron chi connectivity index (χ3n) is 5.89. The molecule has 2 aliphatic rings. The number of amides is 2. The monoisotopic (exact) mass is 437 g/mol. The molecule has 2 aromatic carbocycles. The molecule has 2 aliphatic heterocycles.